The SMILES string of the molecule is Cc1ccc(N)nc1C#CC#N. The Bertz CT molecular complexity index is 390. The number of nitriles is 1. The van der Waals surface area contributed by atoms with E-state index in [4.69, 9.17) is 11.0 Å². The fraction of sp³-hybridized carbons (Fsp3) is 0.111. The molecule has 1 rings (SSSR count). The van der Waals surface area contributed by atoms with Crippen molar-refractivity contribution in [3.63, 3.8) is 0 Å². The largest absolute Gasteiger partial charge is 0.384 e. The summed E-state index contributed by atoms with van der Waals surface area (Å²) in [5.41, 5.74) is 6.93. The van der Waals surface area contributed by atoms with Gasteiger partial charge in [-0.05, 0) is 24.5 Å². The topological polar surface area (TPSA) is 62.7 Å². The Morgan fingerprint density at radius 1 is 1.50 bits per heavy atom. The highest BCUT2D eigenvalue weighted by Gasteiger charge is 1.95. The predicted molar refractivity (Wildman–Crippen MR) is 45.9 cm³/mol. The summed E-state index contributed by atoms with van der Waals surface area (Å²) >= 11 is 0. The van der Waals surface area contributed by atoms with Gasteiger partial charge >= 0.3 is 0 Å². The van der Waals surface area contributed by atoms with Crippen LogP contribution in [0.25, 0.3) is 0 Å². The highest BCUT2D eigenvalue weighted by atomic mass is 14.8. The molecule has 12 heavy (non-hydrogen) atoms. The van der Waals surface area contributed by atoms with E-state index in [1.165, 1.54) is 0 Å². The minimum atomic E-state index is 0.419. The van der Waals surface area contributed by atoms with Gasteiger partial charge < -0.3 is 5.73 Å². The summed E-state index contributed by atoms with van der Waals surface area (Å²) < 4.78 is 0. The number of hydrogen-bond donors (Lipinski definition) is 1. The maximum Gasteiger partial charge on any atom is 0.152 e. The first-order chi connectivity index (χ1) is 5.74. The summed E-state index contributed by atoms with van der Waals surface area (Å²) in [4.78, 5) is 3.96. The molecule has 0 amide bonds. The third-order valence-corrected chi connectivity index (χ3v) is 1.36. The van der Waals surface area contributed by atoms with Gasteiger partial charge in [-0.1, -0.05) is 6.07 Å². The third-order valence-electron chi connectivity index (χ3n) is 1.36. The van der Waals surface area contributed by atoms with Gasteiger partial charge in [-0.15, -0.1) is 0 Å². The standard InChI is InChI=1S/C9H7N3/c1-7-4-5-9(11)12-8(7)3-2-6-10/h4-5H,1H3,(H2,11,12). The zero-order chi connectivity index (χ0) is 8.97. The van der Waals surface area contributed by atoms with E-state index in [9.17, 15) is 0 Å². The molecule has 1 heterocycles. The fourth-order valence-electron chi connectivity index (χ4n) is 0.758. The molecule has 3 nitrogen and oxygen atoms in total. The Morgan fingerprint density at radius 3 is 2.92 bits per heavy atom. The van der Waals surface area contributed by atoms with Crippen molar-refractivity contribution in [2.24, 2.45) is 0 Å². The molecule has 0 aromatic carbocycles. The van der Waals surface area contributed by atoms with Crippen molar-refractivity contribution < 1.29 is 0 Å². The minimum absolute atomic E-state index is 0.419. The van der Waals surface area contributed by atoms with Crippen LogP contribution in [-0.2, 0) is 0 Å². The van der Waals surface area contributed by atoms with Gasteiger partial charge in [0.25, 0.3) is 0 Å². The molecule has 1 aromatic heterocycles. The molecule has 0 atom stereocenters. The van der Waals surface area contributed by atoms with Crippen LogP contribution in [0.1, 0.15) is 11.3 Å². The van der Waals surface area contributed by atoms with Crippen molar-refractivity contribution in [3.05, 3.63) is 23.4 Å². The maximum atomic E-state index is 8.21. The van der Waals surface area contributed by atoms with Crippen LogP contribution in [0.4, 0.5) is 5.82 Å². The van der Waals surface area contributed by atoms with Crippen LogP contribution in [0.2, 0.25) is 0 Å². The summed E-state index contributed by atoms with van der Waals surface area (Å²) in [5, 5.41) is 8.21. The van der Waals surface area contributed by atoms with E-state index in [-0.39, 0.29) is 0 Å². The lowest BCUT2D eigenvalue weighted by molar-refractivity contribution is 1.24. The molecule has 0 saturated heterocycles. The first kappa shape index (κ1) is 8.10. The number of nitrogens with two attached hydrogens (primary N) is 1. The number of nitrogen functional groups attached to an aromatic ring is 1. The second-order valence-electron chi connectivity index (χ2n) is 2.26. The molecule has 0 bridgehead atoms. The van der Waals surface area contributed by atoms with E-state index in [1.54, 1.807) is 12.1 Å². The lowest BCUT2D eigenvalue weighted by Crippen LogP contribution is -1.94. The molecule has 0 saturated carbocycles. The second kappa shape index (κ2) is 3.41. The van der Waals surface area contributed by atoms with Crippen LogP contribution in [0.3, 0.4) is 0 Å². The molecule has 0 radical (unpaired) electrons. The van der Waals surface area contributed by atoms with E-state index in [0.717, 1.165) is 5.56 Å². The molecule has 3 heteroatoms. The first-order valence-electron chi connectivity index (χ1n) is 3.37. The van der Waals surface area contributed by atoms with Gasteiger partial charge in [-0.2, -0.15) is 5.26 Å². The zero-order valence-electron chi connectivity index (χ0n) is 6.63. The molecule has 1 aromatic rings. The summed E-state index contributed by atoms with van der Waals surface area (Å²) in [6, 6.07) is 5.25. The molecule has 2 N–H and O–H groups in total. The van der Waals surface area contributed by atoms with Crippen LogP contribution in [0.15, 0.2) is 12.1 Å². The van der Waals surface area contributed by atoms with E-state index in [0.29, 0.717) is 11.5 Å². The Labute approximate surface area is 70.8 Å². The Kier molecular flexibility index (Phi) is 2.30. The van der Waals surface area contributed by atoms with Crippen molar-refractivity contribution in [2.45, 2.75) is 6.92 Å². The van der Waals surface area contributed by atoms with Crippen molar-refractivity contribution in [1.82, 2.24) is 4.98 Å². The van der Waals surface area contributed by atoms with Gasteiger partial charge in [0, 0.05) is 5.92 Å². The summed E-state index contributed by atoms with van der Waals surface area (Å²) in [6.07, 6.45) is 0. The number of hydrogen-bond acceptors (Lipinski definition) is 3. The number of nitrogens with zero attached hydrogens (tertiary/aromatic N) is 2. The van der Waals surface area contributed by atoms with Crippen molar-refractivity contribution in [2.75, 3.05) is 5.73 Å². The molecule has 0 unspecified atom stereocenters. The van der Waals surface area contributed by atoms with Gasteiger partial charge in [0.15, 0.2) is 6.07 Å². The summed E-state index contributed by atoms with van der Waals surface area (Å²) in [7, 11) is 0. The number of rotatable bonds is 0. The molecule has 0 spiro atoms. The normalized spacial score (nSPS) is 8.00. The Morgan fingerprint density at radius 2 is 2.25 bits per heavy atom. The fourth-order valence-corrected chi connectivity index (χ4v) is 0.758. The summed E-state index contributed by atoms with van der Waals surface area (Å²) in [6.45, 7) is 1.87. The van der Waals surface area contributed by atoms with Gasteiger partial charge in [-0.3, -0.25) is 0 Å². The van der Waals surface area contributed by atoms with Gasteiger partial charge in [0.2, 0.25) is 0 Å². The number of pyridine rings is 1. The Balaban J connectivity index is 3.16. The van der Waals surface area contributed by atoms with E-state index in [2.05, 4.69) is 16.8 Å². The van der Waals surface area contributed by atoms with Crippen LogP contribution >= 0.6 is 0 Å². The van der Waals surface area contributed by atoms with Crippen molar-refractivity contribution >= 4 is 5.82 Å². The first-order valence-corrected chi connectivity index (χ1v) is 3.37. The van der Waals surface area contributed by atoms with Crippen molar-refractivity contribution in [3.8, 4) is 17.9 Å². The molecular weight excluding hydrogens is 150 g/mol. The molecule has 0 aliphatic heterocycles. The lowest BCUT2D eigenvalue weighted by atomic mass is 10.2. The van der Waals surface area contributed by atoms with Crippen LogP contribution in [0, 0.1) is 30.1 Å². The van der Waals surface area contributed by atoms with Crippen LogP contribution in [-0.4, -0.2) is 4.98 Å². The lowest BCUT2D eigenvalue weighted by Gasteiger charge is -1.96. The van der Waals surface area contributed by atoms with E-state index in [1.807, 2.05) is 13.0 Å². The molecule has 0 fully saturated rings. The molecular formula is C9H7N3. The molecule has 58 valence electrons. The number of aryl methyl sites for hydroxylation is 1. The quantitative estimate of drug-likeness (QED) is 0.568. The van der Waals surface area contributed by atoms with E-state index < -0.39 is 0 Å². The van der Waals surface area contributed by atoms with Crippen LogP contribution < -0.4 is 5.73 Å². The molecule has 0 aliphatic carbocycles. The Hall–Kier alpha value is -2.00. The van der Waals surface area contributed by atoms with E-state index >= 15 is 0 Å². The van der Waals surface area contributed by atoms with Crippen LogP contribution in [0.5, 0.6) is 0 Å². The van der Waals surface area contributed by atoms with Crippen molar-refractivity contribution in [1.29, 1.82) is 5.26 Å². The highest BCUT2D eigenvalue weighted by Crippen LogP contribution is 2.05. The average Bonchev–Trinajstić information content (AvgIpc) is 2.07. The molecule has 0 aliphatic rings. The van der Waals surface area contributed by atoms with Gasteiger partial charge in [0.1, 0.15) is 11.5 Å². The minimum Gasteiger partial charge on any atom is -0.384 e. The number of aromatic nitrogens is 1. The zero-order valence-corrected chi connectivity index (χ0v) is 6.63. The number of anilines is 1. The summed E-state index contributed by atoms with van der Waals surface area (Å²) in [5.74, 6) is 5.29. The maximum absolute atomic E-state index is 8.21. The average molecular weight is 157 g/mol. The van der Waals surface area contributed by atoms with Gasteiger partial charge in [0.05, 0.1) is 0 Å². The highest BCUT2D eigenvalue weighted by molar-refractivity contribution is 5.43. The predicted octanol–water partition coefficient (Wildman–Crippen LogP) is 0.847. The smallest absolute Gasteiger partial charge is 0.152 e. The third kappa shape index (κ3) is 1.74. The van der Waals surface area contributed by atoms with Gasteiger partial charge in [-0.25, -0.2) is 4.98 Å². The second-order valence-corrected chi connectivity index (χ2v) is 2.26. The monoisotopic (exact) mass is 157 g/mol.